The van der Waals surface area contributed by atoms with Gasteiger partial charge in [0.1, 0.15) is 0 Å². The second-order valence-corrected chi connectivity index (χ2v) is 8.89. The molecular weight excluding hydrogens is 295 g/mol. The third-order valence-electron chi connectivity index (χ3n) is 0.992. The minimum atomic E-state index is -3.72. The van der Waals surface area contributed by atoms with Gasteiger partial charge in [-0.15, -0.1) is 0 Å². The van der Waals surface area contributed by atoms with Crippen molar-refractivity contribution < 1.29 is 16.8 Å². The Hall–Kier alpha value is 0.770. The van der Waals surface area contributed by atoms with Crippen LogP contribution in [0.15, 0.2) is 0 Å². The van der Waals surface area contributed by atoms with Gasteiger partial charge in [-0.3, -0.25) is 0 Å². The normalized spacial score (nSPS) is 11.7. The first-order valence-electron chi connectivity index (χ1n) is 3.63. The third kappa shape index (κ3) is 38.6. The number of unbranched alkanes of at least 4 members (excludes halogenated alkanes) is 2. The molecule has 0 aliphatic heterocycles. The zero-order chi connectivity index (χ0) is 11.8. The maximum absolute atomic E-state index is 10.3. The molecule has 0 heterocycles. The van der Waals surface area contributed by atoms with Crippen LogP contribution in [0.2, 0.25) is 0 Å². The van der Waals surface area contributed by atoms with Crippen LogP contribution in [0.5, 0.6) is 0 Å². The van der Waals surface area contributed by atoms with Gasteiger partial charge in [-0.05, 0) is 6.42 Å². The van der Waals surface area contributed by atoms with E-state index in [-0.39, 0.29) is 5.75 Å². The van der Waals surface area contributed by atoms with Crippen molar-refractivity contribution in [3.05, 3.63) is 0 Å². The monoisotopic (exact) mass is 304 g/mol. The summed E-state index contributed by atoms with van der Waals surface area (Å²) in [6, 6.07) is 0. The Balaban J connectivity index is 0. The SMILES string of the molecule is CCCCCS(=O)(=O)Cl.O=S(=O)(Cl)Cl. The molecule has 0 N–H and O–H groups in total. The van der Waals surface area contributed by atoms with E-state index in [4.69, 9.17) is 19.1 Å². The summed E-state index contributed by atoms with van der Waals surface area (Å²) in [6.45, 7) is 2.01. The van der Waals surface area contributed by atoms with Crippen molar-refractivity contribution in [2.75, 3.05) is 5.75 Å². The fourth-order valence-corrected chi connectivity index (χ4v) is 1.40. The molecule has 0 bridgehead atoms. The molecule has 0 aromatic heterocycles. The molecule has 0 saturated heterocycles. The van der Waals surface area contributed by atoms with E-state index in [1.54, 1.807) is 0 Å². The number of hydrogen-bond donors (Lipinski definition) is 0. The molecule has 0 unspecified atom stereocenters. The first-order valence-corrected chi connectivity index (χ1v) is 9.24. The molecule has 0 aliphatic carbocycles. The summed E-state index contributed by atoms with van der Waals surface area (Å²) >= 11 is 0. The highest BCUT2D eigenvalue weighted by molar-refractivity contribution is 8.31. The number of halogens is 3. The van der Waals surface area contributed by atoms with E-state index in [2.05, 4.69) is 21.4 Å². The summed E-state index contributed by atoms with van der Waals surface area (Å²) in [4.78, 5) is 0. The maximum atomic E-state index is 10.3. The van der Waals surface area contributed by atoms with Crippen LogP contribution in [0, 0.1) is 0 Å². The van der Waals surface area contributed by atoms with Crippen molar-refractivity contribution in [2.45, 2.75) is 26.2 Å². The molecule has 0 radical (unpaired) electrons. The Kier molecular flexibility index (Phi) is 9.79. The van der Waals surface area contributed by atoms with Crippen LogP contribution in [-0.2, 0) is 17.3 Å². The molecule has 0 spiro atoms. The average Bonchev–Trinajstić information content (AvgIpc) is 1.80. The molecule has 4 nitrogen and oxygen atoms in total. The zero-order valence-corrected chi connectivity index (χ0v) is 11.3. The van der Waals surface area contributed by atoms with Crippen LogP contribution in [0.3, 0.4) is 0 Å². The quantitative estimate of drug-likeness (QED) is 0.591. The minimum Gasteiger partial charge on any atom is -0.212 e. The topological polar surface area (TPSA) is 68.3 Å². The van der Waals surface area contributed by atoms with Gasteiger partial charge in [-0.1, -0.05) is 19.8 Å². The highest BCUT2D eigenvalue weighted by Gasteiger charge is 2.02. The Morgan fingerprint density at radius 1 is 0.929 bits per heavy atom. The summed E-state index contributed by atoms with van der Waals surface area (Å²) in [5, 5.41) is 0. The number of rotatable bonds is 4. The van der Waals surface area contributed by atoms with Crippen LogP contribution in [0.4, 0.5) is 0 Å². The fraction of sp³-hybridized carbons (Fsp3) is 1.00. The van der Waals surface area contributed by atoms with Crippen molar-refractivity contribution in [2.24, 2.45) is 0 Å². The molecule has 0 saturated carbocycles. The van der Waals surface area contributed by atoms with Crippen molar-refractivity contribution in [3.8, 4) is 0 Å². The third-order valence-corrected chi connectivity index (χ3v) is 2.23. The molecule has 0 amide bonds. The lowest BCUT2D eigenvalue weighted by atomic mass is 10.3. The van der Waals surface area contributed by atoms with Gasteiger partial charge >= 0.3 is 8.26 Å². The van der Waals surface area contributed by atoms with E-state index in [0.29, 0.717) is 6.42 Å². The van der Waals surface area contributed by atoms with Gasteiger partial charge in [0.15, 0.2) is 0 Å². The molecule has 14 heavy (non-hydrogen) atoms. The summed E-state index contributed by atoms with van der Waals surface area (Å²) in [5.74, 6) is 0.113. The van der Waals surface area contributed by atoms with Gasteiger partial charge in [0.2, 0.25) is 9.05 Å². The van der Waals surface area contributed by atoms with Crippen molar-refractivity contribution >= 4 is 49.4 Å². The summed E-state index contributed by atoms with van der Waals surface area (Å²) < 4.78 is 38.9. The smallest absolute Gasteiger partial charge is 0.212 e. The molecule has 0 atom stereocenters. The maximum Gasteiger partial charge on any atom is 0.317 e. The predicted octanol–water partition coefficient (Wildman–Crippen LogP) is 2.45. The highest BCUT2D eigenvalue weighted by Crippen LogP contribution is 2.02. The van der Waals surface area contributed by atoms with Crippen molar-refractivity contribution in [3.63, 3.8) is 0 Å². The van der Waals surface area contributed by atoms with Crippen molar-refractivity contribution in [1.82, 2.24) is 0 Å². The van der Waals surface area contributed by atoms with Gasteiger partial charge in [-0.2, -0.15) is 8.42 Å². The Morgan fingerprint density at radius 2 is 1.29 bits per heavy atom. The second-order valence-electron chi connectivity index (χ2n) is 2.33. The fourth-order valence-electron chi connectivity index (χ4n) is 0.524. The van der Waals surface area contributed by atoms with Crippen LogP contribution < -0.4 is 0 Å². The summed E-state index contributed by atoms with van der Waals surface area (Å²) in [5.41, 5.74) is 0. The molecule has 88 valence electrons. The highest BCUT2D eigenvalue weighted by atomic mass is 36.0. The molecular formula is C5H11Cl3O4S2. The van der Waals surface area contributed by atoms with Crippen LogP contribution in [0.1, 0.15) is 26.2 Å². The second kappa shape index (κ2) is 7.98. The Morgan fingerprint density at radius 3 is 1.50 bits per heavy atom. The summed E-state index contributed by atoms with van der Waals surface area (Å²) in [7, 11) is 6.53. The van der Waals surface area contributed by atoms with Gasteiger partial charge in [0.25, 0.3) is 0 Å². The van der Waals surface area contributed by atoms with E-state index in [1.165, 1.54) is 0 Å². The van der Waals surface area contributed by atoms with E-state index >= 15 is 0 Å². The van der Waals surface area contributed by atoms with Gasteiger partial charge in [-0.25, -0.2) is 8.42 Å². The number of hydrogen-bond acceptors (Lipinski definition) is 4. The zero-order valence-electron chi connectivity index (χ0n) is 7.41. The molecule has 0 aromatic rings. The van der Waals surface area contributed by atoms with Crippen LogP contribution in [0.25, 0.3) is 0 Å². The lowest BCUT2D eigenvalue weighted by molar-refractivity contribution is 0.604. The first kappa shape index (κ1) is 17.2. The molecule has 0 fully saturated rings. The molecule has 0 aromatic carbocycles. The van der Waals surface area contributed by atoms with E-state index in [0.717, 1.165) is 12.8 Å². The van der Waals surface area contributed by atoms with E-state index in [9.17, 15) is 8.42 Å². The van der Waals surface area contributed by atoms with E-state index < -0.39 is 17.3 Å². The van der Waals surface area contributed by atoms with Gasteiger partial charge in [0.05, 0.1) is 5.75 Å². The molecule has 0 rings (SSSR count). The van der Waals surface area contributed by atoms with Gasteiger partial charge in [0, 0.05) is 32.0 Å². The van der Waals surface area contributed by atoms with Crippen LogP contribution in [-0.4, -0.2) is 22.6 Å². The lowest BCUT2D eigenvalue weighted by Gasteiger charge is -1.92. The average molecular weight is 306 g/mol. The predicted molar refractivity (Wildman–Crippen MR) is 59.8 cm³/mol. The van der Waals surface area contributed by atoms with Gasteiger partial charge < -0.3 is 0 Å². The summed E-state index contributed by atoms with van der Waals surface area (Å²) in [6.07, 6.45) is 2.64. The largest absolute Gasteiger partial charge is 0.317 e. The Labute approximate surface area is 97.9 Å². The lowest BCUT2D eigenvalue weighted by Crippen LogP contribution is -1.95. The Bertz CT molecular complexity index is 313. The standard InChI is InChI=1S/C5H11ClO2S.Cl2O2S/c1-2-3-4-5-9(6,7)8;1-5(2,3)4/h2-5H2,1H3;. The molecule has 9 heteroatoms. The first-order chi connectivity index (χ1) is 6.06. The minimum absolute atomic E-state index is 0.113. The van der Waals surface area contributed by atoms with Crippen molar-refractivity contribution in [1.29, 1.82) is 0 Å². The van der Waals surface area contributed by atoms with Crippen LogP contribution >= 0.6 is 32.0 Å². The molecule has 0 aliphatic rings. The van der Waals surface area contributed by atoms with E-state index in [1.807, 2.05) is 6.92 Å².